The highest BCUT2D eigenvalue weighted by atomic mass is 35.5. The summed E-state index contributed by atoms with van der Waals surface area (Å²) in [6.45, 7) is 0. The third-order valence-electron chi connectivity index (χ3n) is 1.64. The van der Waals surface area contributed by atoms with Crippen LogP contribution in [0.25, 0.3) is 11.0 Å². The molecule has 0 atom stereocenters. The Bertz CT molecular complexity index is 523. The van der Waals surface area contributed by atoms with Gasteiger partial charge in [-0.2, -0.15) is 4.98 Å². The SMILES string of the molecule is O=C(O)c1cc2c(Cl)nc(Cl)nc2[nH]1. The molecule has 0 fully saturated rings. The van der Waals surface area contributed by atoms with Crippen molar-refractivity contribution < 1.29 is 9.90 Å². The standard InChI is InChI=1S/C7H3Cl2N3O2/c8-4-2-1-3(6(13)14)10-5(2)12-7(9)11-4/h1H,(H,13,14)(H,10,11,12). The minimum Gasteiger partial charge on any atom is -0.477 e. The maximum atomic E-state index is 10.6. The van der Waals surface area contributed by atoms with E-state index >= 15 is 0 Å². The van der Waals surface area contributed by atoms with E-state index in [4.69, 9.17) is 28.3 Å². The Balaban J connectivity index is 2.76. The van der Waals surface area contributed by atoms with Crippen molar-refractivity contribution in [1.82, 2.24) is 15.0 Å². The number of hydrogen-bond acceptors (Lipinski definition) is 3. The van der Waals surface area contributed by atoms with Crippen LogP contribution in [0.1, 0.15) is 10.5 Å². The second kappa shape index (κ2) is 3.11. The first kappa shape index (κ1) is 9.23. The van der Waals surface area contributed by atoms with Crippen LogP contribution in [0.2, 0.25) is 10.4 Å². The molecular formula is C7H3Cl2N3O2. The monoisotopic (exact) mass is 231 g/mol. The summed E-state index contributed by atoms with van der Waals surface area (Å²) >= 11 is 11.3. The maximum Gasteiger partial charge on any atom is 0.352 e. The molecule has 0 saturated heterocycles. The van der Waals surface area contributed by atoms with Crippen LogP contribution in [0.4, 0.5) is 0 Å². The van der Waals surface area contributed by atoms with Crippen molar-refractivity contribution in [2.24, 2.45) is 0 Å². The van der Waals surface area contributed by atoms with Gasteiger partial charge < -0.3 is 10.1 Å². The fourth-order valence-corrected chi connectivity index (χ4v) is 1.50. The minimum absolute atomic E-state index is 0.00142. The summed E-state index contributed by atoms with van der Waals surface area (Å²) in [5, 5.41) is 9.23. The van der Waals surface area contributed by atoms with Gasteiger partial charge in [0.1, 0.15) is 16.5 Å². The van der Waals surface area contributed by atoms with Gasteiger partial charge in [0.25, 0.3) is 0 Å². The first-order valence-electron chi connectivity index (χ1n) is 3.53. The zero-order chi connectivity index (χ0) is 10.3. The Labute approximate surface area is 87.7 Å². The Morgan fingerprint density at radius 1 is 1.43 bits per heavy atom. The highest BCUT2D eigenvalue weighted by molar-refractivity contribution is 6.35. The molecule has 2 heterocycles. The predicted octanol–water partition coefficient (Wildman–Crippen LogP) is 1.96. The number of carboxylic acid groups (broad SMARTS) is 1. The van der Waals surface area contributed by atoms with Gasteiger partial charge in [0.05, 0.1) is 5.39 Å². The van der Waals surface area contributed by atoms with E-state index in [1.807, 2.05) is 0 Å². The Hall–Kier alpha value is -1.33. The van der Waals surface area contributed by atoms with Crippen LogP contribution in [0.15, 0.2) is 6.07 Å². The number of carboxylic acids is 1. The van der Waals surface area contributed by atoms with Crippen LogP contribution in [-0.4, -0.2) is 26.0 Å². The molecule has 0 aliphatic heterocycles. The van der Waals surface area contributed by atoms with Crippen LogP contribution in [0.5, 0.6) is 0 Å². The van der Waals surface area contributed by atoms with Gasteiger partial charge in [0, 0.05) is 0 Å². The molecule has 0 saturated carbocycles. The van der Waals surface area contributed by atoms with E-state index in [9.17, 15) is 4.79 Å². The number of fused-ring (bicyclic) bond motifs is 1. The molecule has 5 nitrogen and oxygen atoms in total. The lowest BCUT2D eigenvalue weighted by Gasteiger charge is -1.92. The first-order valence-corrected chi connectivity index (χ1v) is 4.28. The summed E-state index contributed by atoms with van der Waals surface area (Å²) in [4.78, 5) is 20.6. The molecule has 2 aromatic rings. The molecule has 0 aromatic carbocycles. The average Bonchev–Trinajstić information content (AvgIpc) is 2.47. The highest BCUT2D eigenvalue weighted by Gasteiger charge is 2.12. The fourth-order valence-electron chi connectivity index (χ4n) is 1.06. The zero-order valence-corrected chi connectivity index (χ0v) is 8.10. The van der Waals surface area contributed by atoms with E-state index in [1.165, 1.54) is 6.07 Å². The second-order valence-electron chi connectivity index (χ2n) is 2.53. The number of carbonyl (C=O) groups is 1. The largest absolute Gasteiger partial charge is 0.477 e. The fraction of sp³-hybridized carbons (Fsp3) is 0. The van der Waals surface area contributed by atoms with Crippen LogP contribution in [-0.2, 0) is 0 Å². The van der Waals surface area contributed by atoms with E-state index in [0.29, 0.717) is 11.0 Å². The molecule has 7 heteroatoms. The average molecular weight is 232 g/mol. The topological polar surface area (TPSA) is 78.9 Å². The summed E-state index contributed by atoms with van der Waals surface area (Å²) in [5.74, 6) is -1.09. The van der Waals surface area contributed by atoms with Gasteiger partial charge in [-0.15, -0.1) is 0 Å². The van der Waals surface area contributed by atoms with Crippen molar-refractivity contribution in [1.29, 1.82) is 0 Å². The smallest absolute Gasteiger partial charge is 0.352 e. The molecule has 2 rings (SSSR count). The summed E-state index contributed by atoms with van der Waals surface area (Å²) in [6.07, 6.45) is 0. The molecule has 0 aliphatic carbocycles. The van der Waals surface area contributed by atoms with Gasteiger partial charge in [-0.1, -0.05) is 11.6 Å². The van der Waals surface area contributed by atoms with Gasteiger partial charge in [-0.3, -0.25) is 0 Å². The van der Waals surface area contributed by atoms with Crippen molar-refractivity contribution in [2.45, 2.75) is 0 Å². The number of aromatic nitrogens is 3. The molecule has 0 spiro atoms. The molecule has 0 unspecified atom stereocenters. The van der Waals surface area contributed by atoms with Crippen molar-refractivity contribution in [3.63, 3.8) is 0 Å². The Morgan fingerprint density at radius 3 is 2.79 bits per heavy atom. The minimum atomic E-state index is -1.09. The summed E-state index contributed by atoms with van der Waals surface area (Å²) < 4.78 is 0. The number of halogens is 2. The van der Waals surface area contributed by atoms with E-state index in [2.05, 4.69) is 15.0 Å². The van der Waals surface area contributed by atoms with Gasteiger partial charge in [0.2, 0.25) is 5.28 Å². The van der Waals surface area contributed by atoms with Gasteiger partial charge in [-0.05, 0) is 17.7 Å². The molecule has 0 bridgehead atoms. The predicted molar refractivity (Wildman–Crippen MR) is 50.9 cm³/mol. The van der Waals surface area contributed by atoms with Crippen molar-refractivity contribution >= 4 is 40.2 Å². The molecule has 0 aliphatic rings. The molecule has 14 heavy (non-hydrogen) atoms. The van der Waals surface area contributed by atoms with Gasteiger partial charge in [0.15, 0.2) is 0 Å². The maximum absolute atomic E-state index is 10.6. The Morgan fingerprint density at radius 2 is 2.14 bits per heavy atom. The molecule has 2 aromatic heterocycles. The van der Waals surface area contributed by atoms with Crippen LogP contribution >= 0.6 is 23.2 Å². The van der Waals surface area contributed by atoms with Crippen molar-refractivity contribution in [2.75, 3.05) is 0 Å². The number of aromatic amines is 1. The second-order valence-corrected chi connectivity index (χ2v) is 3.23. The van der Waals surface area contributed by atoms with E-state index in [-0.39, 0.29) is 16.1 Å². The van der Waals surface area contributed by atoms with Gasteiger partial charge >= 0.3 is 5.97 Å². The molecular weight excluding hydrogens is 229 g/mol. The van der Waals surface area contributed by atoms with Crippen LogP contribution in [0.3, 0.4) is 0 Å². The van der Waals surface area contributed by atoms with E-state index < -0.39 is 5.97 Å². The molecule has 72 valence electrons. The molecule has 2 N–H and O–H groups in total. The molecule has 0 radical (unpaired) electrons. The third kappa shape index (κ3) is 1.40. The summed E-state index contributed by atoms with van der Waals surface area (Å²) in [6, 6.07) is 1.36. The highest BCUT2D eigenvalue weighted by Crippen LogP contribution is 2.22. The van der Waals surface area contributed by atoms with Gasteiger partial charge in [-0.25, -0.2) is 9.78 Å². The summed E-state index contributed by atoms with van der Waals surface area (Å²) in [7, 11) is 0. The molecule has 0 amide bonds. The third-order valence-corrected chi connectivity index (χ3v) is 2.10. The quantitative estimate of drug-likeness (QED) is 0.581. The van der Waals surface area contributed by atoms with Crippen LogP contribution in [0, 0.1) is 0 Å². The van der Waals surface area contributed by atoms with Crippen LogP contribution < -0.4 is 0 Å². The van der Waals surface area contributed by atoms with E-state index in [1.54, 1.807) is 0 Å². The number of hydrogen-bond donors (Lipinski definition) is 2. The normalized spacial score (nSPS) is 10.7. The number of aromatic carboxylic acids is 1. The number of nitrogens with one attached hydrogen (secondary N) is 1. The lowest BCUT2D eigenvalue weighted by molar-refractivity contribution is 0.0691. The number of H-pyrrole nitrogens is 1. The van der Waals surface area contributed by atoms with E-state index in [0.717, 1.165) is 0 Å². The lowest BCUT2D eigenvalue weighted by Crippen LogP contribution is -1.95. The lowest BCUT2D eigenvalue weighted by atomic mass is 10.4. The number of rotatable bonds is 1. The zero-order valence-electron chi connectivity index (χ0n) is 6.58. The first-order chi connectivity index (χ1) is 6.58. The summed E-state index contributed by atoms with van der Waals surface area (Å²) in [5.41, 5.74) is 0.311. The Kier molecular flexibility index (Phi) is 2.05. The van der Waals surface area contributed by atoms with Crippen molar-refractivity contribution in [3.05, 3.63) is 22.2 Å². The van der Waals surface area contributed by atoms with Crippen molar-refractivity contribution in [3.8, 4) is 0 Å². The number of nitrogens with zero attached hydrogens (tertiary/aromatic N) is 2.